The molecule has 1 aromatic carbocycles. The lowest BCUT2D eigenvalue weighted by Gasteiger charge is -2.42. The van der Waals surface area contributed by atoms with Crippen molar-refractivity contribution < 1.29 is 4.74 Å². The van der Waals surface area contributed by atoms with Gasteiger partial charge in [0.2, 0.25) is 0 Å². The molecule has 0 N–H and O–H groups in total. The third-order valence-corrected chi connectivity index (χ3v) is 3.63. The van der Waals surface area contributed by atoms with Crippen molar-refractivity contribution in [3.05, 3.63) is 47.5 Å². The molecule has 1 aliphatic rings. The Balaban J connectivity index is 2.08. The van der Waals surface area contributed by atoms with Crippen molar-refractivity contribution in [3.63, 3.8) is 0 Å². The molecule has 0 heterocycles. The summed E-state index contributed by atoms with van der Waals surface area (Å²) in [5, 5.41) is 0.797. The Bertz CT molecular complexity index is 352. The van der Waals surface area contributed by atoms with E-state index in [4.69, 9.17) is 16.3 Å². The van der Waals surface area contributed by atoms with E-state index in [1.807, 2.05) is 12.1 Å². The lowest BCUT2D eigenvalue weighted by Crippen LogP contribution is -2.39. The smallest absolute Gasteiger partial charge is 0.0645 e. The minimum atomic E-state index is 0.230. The first kappa shape index (κ1) is 11.7. The third-order valence-electron chi connectivity index (χ3n) is 3.38. The molecule has 1 fully saturated rings. The number of rotatable bonds is 5. The molecule has 1 nitrogen and oxygen atoms in total. The van der Waals surface area contributed by atoms with Crippen LogP contribution < -0.4 is 0 Å². The summed E-state index contributed by atoms with van der Waals surface area (Å²) in [5.41, 5.74) is 1.58. The minimum absolute atomic E-state index is 0.230. The maximum atomic E-state index is 5.91. The predicted octanol–water partition coefficient (Wildman–Crippen LogP) is 3.96. The molecule has 0 bridgehead atoms. The van der Waals surface area contributed by atoms with Gasteiger partial charge in [-0.1, -0.05) is 36.2 Å². The number of hydrogen-bond acceptors (Lipinski definition) is 1. The summed E-state index contributed by atoms with van der Waals surface area (Å²) >= 11 is 5.91. The molecule has 0 radical (unpaired) electrons. The topological polar surface area (TPSA) is 9.23 Å². The van der Waals surface area contributed by atoms with Gasteiger partial charge in [0.1, 0.15) is 0 Å². The highest BCUT2D eigenvalue weighted by Crippen LogP contribution is 2.44. The largest absolute Gasteiger partial charge is 0.376 e. The second kappa shape index (κ2) is 5.03. The van der Waals surface area contributed by atoms with Gasteiger partial charge in [-0.05, 0) is 30.5 Å². The van der Waals surface area contributed by atoms with E-state index in [2.05, 4.69) is 18.7 Å². The highest BCUT2D eigenvalue weighted by Gasteiger charge is 2.38. The standard InChI is InChI=1S/C14H17ClO/c1-2-10-16-11-14(8-3-9-14)12-4-6-13(15)7-5-12/h2,4-7H,1,3,8-11H2. The fourth-order valence-corrected chi connectivity index (χ4v) is 2.39. The first-order valence-corrected chi connectivity index (χ1v) is 6.09. The Kier molecular flexibility index (Phi) is 3.67. The summed E-state index contributed by atoms with van der Waals surface area (Å²) < 4.78 is 5.62. The molecule has 0 spiro atoms. The second-order valence-electron chi connectivity index (χ2n) is 4.44. The SMILES string of the molecule is C=CCOCC1(c2ccc(Cl)cc2)CCC1. The Morgan fingerprint density at radius 2 is 2.00 bits per heavy atom. The van der Waals surface area contributed by atoms with Gasteiger partial charge in [0.15, 0.2) is 0 Å². The van der Waals surface area contributed by atoms with E-state index >= 15 is 0 Å². The number of hydrogen-bond donors (Lipinski definition) is 0. The average molecular weight is 237 g/mol. The molecule has 2 heteroatoms. The summed E-state index contributed by atoms with van der Waals surface area (Å²) in [5.74, 6) is 0. The fourth-order valence-electron chi connectivity index (χ4n) is 2.26. The van der Waals surface area contributed by atoms with Crippen LogP contribution in [0.25, 0.3) is 0 Å². The van der Waals surface area contributed by atoms with Gasteiger partial charge >= 0.3 is 0 Å². The van der Waals surface area contributed by atoms with E-state index in [1.165, 1.54) is 24.8 Å². The van der Waals surface area contributed by atoms with Gasteiger partial charge in [-0.15, -0.1) is 6.58 Å². The van der Waals surface area contributed by atoms with Crippen LogP contribution in [0.5, 0.6) is 0 Å². The van der Waals surface area contributed by atoms with Crippen LogP contribution in [-0.4, -0.2) is 13.2 Å². The van der Waals surface area contributed by atoms with Crippen LogP contribution in [0.15, 0.2) is 36.9 Å². The maximum Gasteiger partial charge on any atom is 0.0645 e. The summed E-state index contributed by atoms with van der Waals surface area (Å²) in [7, 11) is 0. The van der Waals surface area contributed by atoms with E-state index in [0.717, 1.165) is 11.6 Å². The third kappa shape index (κ3) is 2.31. The van der Waals surface area contributed by atoms with Crippen LogP contribution in [0.1, 0.15) is 24.8 Å². The Labute approximate surface area is 102 Å². The Hall–Kier alpha value is -0.790. The quantitative estimate of drug-likeness (QED) is 0.555. The molecule has 0 atom stereocenters. The van der Waals surface area contributed by atoms with Crippen LogP contribution in [-0.2, 0) is 10.2 Å². The molecule has 2 rings (SSSR count). The first-order valence-electron chi connectivity index (χ1n) is 5.71. The van der Waals surface area contributed by atoms with Crippen LogP contribution in [0.2, 0.25) is 5.02 Å². The van der Waals surface area contributed by atoms with E-state index in [0.29, 0.717) is 6.61 Å². The predicted molar refractivity (Wildman–Crippen MR) is 68.0 cm³/mol. The normalized spacial score (nSPS) is 17.8. The van der Waals surface area contributed by atoms with Gasteiger partial charge in [-0.2, -0.15) is 0 Å². The number of halogens is 1. The molecule has 16 heavy (non-hydrogen) atoms. The number of ether oxygens (including phenoxy) is 1. The van der Waals surface area contributed by atoms with Crippen molar-refractivity contribution in [1.82, 2.24) is 0 Å². The van der Waals surface area contributed by atoms with E-state index in [9.17, 15) is 0 Å². The lowest BCUT2D eigenvalue weighted by atomic mass is 9.65. The molecule has 0 aliphatic heterocycles. The first-order chi connectivity index (χ1) is 7.77. The highest BCUT2D eigenvalue weighted by molar-refractivity contribution is 6.30. The summed E-state index contributed by atoms with van der Waals surface area (Å²) in [6, 6.07) is 8.17. The Morgan fingerprint density at radius 3 is 2.50 bits per heavy atom. The van der Waals surface area contributed by atoms with Crippen LogP contribution >= 0.6 is 11.6 Å². The van der Waals surface area contributed by atoms with Gasteiger partial charge in [0.05, 0.1) is 13.2 Å². The van der Waals surface area contributed by atoms with Crippen LogP contribution in [0.3, 0.4) is 0 Å². The molecule has 1 saturated carbocycles. The van der Waals surface area contributed by atoms with Crippen molar-refractivity contribution in [2.75, 3.05) is 13.2 Å². The van der Waals surface area contributed by atoms with E-state index < -0.39 is 0 Å². The highest BCUT2D eigenvalue weighted by atomic mass is 35.5. The lowest BCUT2D eigenvalue weighted by molar-refractivity contribution is 0.0603. The molecular formula is C14H17ClO. The molecule has 0 unspecified atom stereocenters. The maximum absolute atomic E-state index is 5.91. The van der Waals surface area contributed by atoms with Gasteiger partial charge in [0, 0.05) is 10.4 Å². The van der Waals surface area contributed by atoms with Crippen molar-refractivity contribution in [2.24, 2.45) is 0 Å². The summed E-state index contributed by atoms with van der Waals surface area (Å²) in [6.45, 7) is 5.09. The fraction of sp³-hybridized carbons (Fsp3) is 0.429. The summed E-state index contributed by atoms with van der Waals surface area (Å²) in [4.78, 5) is 0. The van der Waals surface area contributed by atoms with E-state index in [1.54, 1.807) is 6.08 Å². The monoisotopic (exact) mass is 236 g/mol. The van der Waals surface area contributed by atoms with Crippen LogP contribution in [0, 0.1) is 0 Å². The minimum Gasteiger partial charge on any atom is -0.376 e. The van der Waals surface area contributed by atoms with Gasteiger partial charge in [-0.3, -0.25) is 0 Å². The van der Waals surface area contributed by atoms with Gasteiger partial charge in [0.25, 0.3) is 0 Å². The molecule has 1 aliphatic carbocycles. The average Bonchev–Trinajstić information content (AvgIpc) is 2.24. The number of benzene rings is 1. The van der Waals surface area contributed by atoms with Crippen molar-refractivity contribution in [3.8, 4) is 0 Å². The van der Waals surface area contributed by atoms with Crippen molar-refractivity contribution in [2.45, 2.75) is 24.7 Å². The zero-order chi connectivity index (χ0) is 11.4. The molecule has 0 amide bonds. The van der Waals surface area contributed by atoms with Crippen LogP contribution in [0.4, 0.5) is 0 Å². The summed E-state index contributed by atoms with van der Waals surface area (Å²) in [6.07, 6.45) is 5.52. The molecule has 0 aromatic heterocycles. The second-order valence-corrected chi connectivity index (χ2v) is 4.88. The molecule has 86 valence electrons. The van der Waals surface area contributed by atoms with Gasteiger partial charge in [-0.25, -0.2) is 0 Å². The zero-order valence-corrected chi connectivity index (χ0v) is 10.2. The zero-order valence-electron chi connectivity index (χ0n) is 9.42. The molecular weight excluding hydrogens is 220 g/mol. The van der Waals surface area contributed by atoms with Crippen molar-refractivity contribution >= 4 is 11.6 Å². The Morgan fingerprint density at radius 1 is 1.31 bits per heavy atom. The molecule has 0 saturated heterocycles. The molecule has 1 aromatic rings. The van der Waals surface area contributed by atoms with Crippen molar-refractivity contribution in [1.29, 1.82) is 0 Å². The van der Waals surface area contributed by atoms with Gasteiger partial charge < -0.3 is 4.74 Å². The van der Waals surface area contributed by atoms with E-state index in [-0.39, 0.29) is 5.41 Å².